The minimum absolute atomic E-state index is 0.0363. The smallest absolute Gasteiger partial charge is 0.241 e. The SMILES string of the molecule is Cc1cccc(S(=O)(=O)NCC2(C)CCNCC2)c1Br. The third-order valence-corrected chi connectivity index (χ3v) is 6.70. The standard InChI is InChI=1S/C14H21BrN2O2S/c1-11-4-3-5-12(13(11)15)20(18,19)17-10-14(2)6-8-16-9-7-14/h3-5,16-17H,6-10H2,1-2H3. The highest BCUT2D eigenvalue weighted by Gasteiger charge is 2.29. The van der Waals surface area contributed by atoms with Gasteiger partial charge in [-0.2, -0.15) is 0 Å². The van der Waals surface area contributed by atoms with Crippen LogP contribution in [0.25, 0.3) is 0 Å². The summed E-state index contributed by atoms with van der Waals surface area (Å²) < 4.78 is 28.3. The molecule has 0 aromatic heterocycles. The van der Waals surface area contributed by atoms with Crippen LogP contribution >= 0.6 is 15.9 Å². The highest BCUT2D eigenvalue weighted by Crippen LogP contribution is 2.29. The molecule has 0 spiro atoms. The van der Waals surface area contributed by atoms with E-state index in [1.165, 1.54) is 0 Å². The number of hydrogen-bond donors (Lipinski definition) is 2. The topological polar surface area (TPSA) is 58.2 Å². The van der Waals surface area contributed by atoms with Gasteiger partial charge in [0.05, 0.1) is 4.90 Å². The summed E-state index contributed by atoms with van der Waals surface area (Å²) in [5, 5.41) is 3.30. The number of piperidine rings is 1. The van der Waals surface area contributed by atoms with E-state index in [2.05, 4.69) is 32.9 Å². The van der Waals surface area contributed by atoms with Gasteiger partial charge in [-0.05, 0) is 65.8 Å². The molecule has 1 aromatic carbocycles. The van der Waals surface area contributed by atoms with Gasteiger partial charge < -0.3 is 5.32 Å². The summed E-state index contributed by atoms with van der Waals surface area (Å²) in [5.74, 6) is 0. The van der Waals surface area contributed by atoms with Crippen LogP contribution in [0.3, 0.4) is 0 Å². The quantitative estimate of drug-likeness (QED) is 0.866. The van der Waals surface area contributed by atoms with Crippen LogP contribution in [0.5, 0.6) is 0 Å². The van der Waals surface area contributed by atoms with Crippen LogP contribution < -0.4 is 10.0 Å². The van der Waals surface area contributed by atoms with Gasteiger partial charge in [0, 0.05) is 11.0 Å². The third-order valence-electron chi connectivity index (χ3n) is 3.95. The number of hydrogen-bond acceptors (Lipinski definition) is 3. The molecular formula is C14H21BrN2O2S. The molecule has 0 unspecified atom stereocenters. The van der Waals surface area contributed by atoms with Gasteiger partial charge in [0.15, 0.2) is 0 Å². The van der Waals surface area contributed by atoms with E-state index in [9.17, 15) is 8.42 Å². The number of rotatable bonds is 4. The summed E-state index contributed by atoms with van der Waals surface area (Å²) in [6, 6.07) is 5.28. The molecule has 0 bridgehead atoms. The first kappa shape index (κ1) is 15.9. The molecule has 20 heavy (non-hydrogen) atoms. The Morgan fingerprint density at radius 3 is 2.65 bits per heavy atom. The van der Waals surface area contributed by atoms with Crippen molar-refractivity contribution in [2.75, 3.05) is 19.6 Å². The number of aryl methyl sites for hydroxylation is 1. The van der Waals surface area contributed by atoms with Gasteiger partial charge in [-0.15, -0.1) is 0 Å². The minimum Gasteiger partial charge on any atom is -0.317 e. The van der Waals surface area contributed by atoms with Crippen LogP contribution in [0, 0.1) is 12.3 Å². The summed E-state index contributed by atoms with van der Waals surface area (Å²) in [5.41, 5.74) is 0.954. The molecule has 0 saturated carbocycles. The van der Waals surface area contributed by atoms with Gasteiger partial charge in [0.2, 0.25) is 10.0 Å². The normalized spacial score (nSPS) is 18.9. The summed E-state index contributed by atoms with van der Waals surface area (Å²) in [6.45, 7) is 6.41. The molecule has 112 valence electrons. The maximum absolute atomic E-state index is 12.4. The van der Waals surface area contributed by atoms with Crippen molar-refractivity contribution in [2.24, 2.45) is 5.41 Å². The fourth-order valence-electron chi connectivity index (χ4n) is 2.38. The Balaban J connectivity index is 2.13. The highest BCUT2D eigenvalue weighted by molar-refractivity contribution is 9.10. The Bertz CT molecular complexity index is 581. The second-order valence-electron chi connectivity index (χ2n) is 5.77. The molecule has 0 aliphatic carbocycles. The van der Waals surface area contributed by atoms with Crippen molar-refractivity contribution >= 4 is 26.0 Å². The van der Waals surface area contributed by atoms with Gasteiger partial charge in [0.25, 0.3) is 0 Å². The van der Waals surface area contributed by atoms with Crippen LogP contribution in [-0.2, 0) is 10.0 Å². The lowest BCUT2D eigenvalue weighted by molar-refractivity contribution is 0.232. The summed E-state index contributed by atoms with van der Waals surface area (Å²) in [4.78, 5) is 0.315. The van der Waals surface area contributed by atoms with Gasteiger partial charge in [-0.1, -0.05) is 19.1 Å². The molecule has 1 aliphatic heterocycles. The van der Waals surface area contributed by atoms with Gasteiger partial charge in [0.1, 0.15) is 0 Å². The number of halogens is 1. The minimum atomic E-state index is -3.47. The highest BCUT2D eigenvalue weighted by atomic mass is 79.9. The van der Waals surface area contributed by atoms with Crippen LogP contribution in [0.15, 0.2) is 27.6 Å². The zero-order valence-corrected chi connectivity index (χ0v) is 14.3. The molecular weight excluding hydrogens is 340 g/mol. The lowest BCUT2D eigenvalue weighted by Gasteiger charge is -2.34. The van der Waals surface area contributed by atoms with Crippen molar-refractivity contribution in [3.8, 4) is 0 Å². The first-order valence-corrected chi connectivity index (χ1v) is 9.07. The van der Waals surface area contributed by atoms with Crippen molar-refractivity contribution in [1.29, 1.82) is 0 Å². The lowest BCUT2D eigenvalue weighted by atomic mass is 9.81. The predicted molar refractivity (Wildman–Crippen MR) is 84.3 cm³/mol. The second-order valence-corrected chi connectivity index (χ2v) is 8.30. The van der Waals surface area contributed by atoms with E-state index in [1.807, 2.05) is 13.0 Å². The second kappa shape index (κ2) is 6.13. The molecule has 0 atom stereocenters. The fraction of sp³-hybridized carbons (Fsp3) is 0.571. The Labute approximate surface area is 129 Å². The van der Waals surface area contributed by atoms with Gasteiger partial charge in [-0.3, -0.25) is 0 Å². The molecule has 1 saturated heterocycles. The van der Waals surface area contributed by atoms with E-state index in [0.717, 1.165) is 31.5 Å². The average molecular weight is 361 g/mol. The van der Waals surface area contributed by atoms with E-state index < -0.39 is 10.0 Å². The molecule has 0 radical (unpaired) electrons. The summed E-state index contributed by atoms with van der Waals surface area (Å²) in [6.07, 6.45) is 1.98. The van der Waals surface area contributed by atoms with Crippen LogP contribution in [0.2, 0.25) is 0 Å². The molecule has 1 fully saturated rings. The first-order valence-electron chi connectivity index (χ1n) is 6.80. The number of benzene rings is 1. The third kappa shape index (κ3) is 3.61. The largest absolute Gasteiger partial charge is 0.317 e. The molecule has 1 heterocycles. The first-order chi connectivity index (χ1) is 9.34. The Kier molecular flexibility index (Phi) is 4.89. The molecule has 2 rings (SSSR count). The van der Waals surface area contributed by atoms with Crippen molar-refractivity contribution in [3.63, 3.8) is 0 Å². The molecule has 0 amide bonds. The molecule has 1 aromatic rings. The van der Waals surface area contributed by atoms with Crippen molar-refractivity contribution in [2.45, 2.75) is 31.6 Å². The van der Waals surface area contributed by atoms with E-state index in [4.69, 9.17) is 0 Å². The molecule has 6 heteroatoms. The monoisotopic (exact) mass is 360 g/mol. The number of nitrogens with one attached hydrogen (secondary N) is 2. The van der Waals surface area contributed by atoms with E-state index in [-0.39, 0.29) is 5.41 Å². The van der Waals surface area contributed by atoms with E-state index >= 15 is 0 Å². The van der Waals surface area contributed by atoms with Crippen LogP contribution in [-0.4, -0.2) is 28.1 Å². The number of sulfonamides is 1. The van der Waals surface area contributed by atoms with E-state index in [0.29, 0.717) is 15.9 Å². The predicted octanol–water partition coefficient (Wildman–Crippen LogP) is 2.43. The maximum atomic E-state index is 12.4. The molecule has 2 N–H and O–H groups in total. The van der Waals surface area contributed by atoms with Crippen molar-refractivity contribution in [3.05, 3.63) is 28.2 Å². The maximum Gasteiger partial charge on any atom is 0.241 e. The van der Waals surface area contributed by atoms with Crippen molar-refractivity contribution < 1.29 is 8.42 Å². The van der Waals surface area contributed by atoms with Crippen molar-refractivity contribution in [1.82, 2.24) is 10.0 Å². The van der Waals surface area contributed by atoms with Gasteiger partial charge in [-0.25, -0.2) is 13.1 Å². The Hall–Kier alpha value is -0.430. The average Bonchev–Trinajstić information content (AvgIpc) is 2.41. The molecule has 4 nitrogen and oxygen atoms in total. The van der Waals surface area contributed by atoms with E-state index in [1.54, 1.807) is 12.1 Å². The summed E-state index contributed by atoms with van der Waals surface area (Å²) >= 11 is 3.37. The van der Waals surface area contributed by atoms with Crippen LogP contribution in [0.4, 0.5) is 0 Å². The zero-order valence-electron chi connectivity index (χ0n) is 11.9. The fourth-order valence-corrected chi connectivity index (χ4v) is 4.63. The summed E-state index contributed by atoms with van der Waals surface area (Å²) in [7, 11) is -3.47. The Morgan fingerprint density at radius 2 is 2.00 bits per heavy atom. The molecule has 1 aliphatic rings. The zero-order chi connectivity index (χ0) is 14.8. The van der Waals surface area contributed by atoms with Crippen LogP contribution in [0.1, 0.15) is 25.3 Å². The lowest BCUT2D eigenvalue weighted by Crippen LogP contribution is -2.42. The van der Waals surface area contributed by atoms with Gasteiger partial charge >= 0.3 is 0 Å². The Morgan fingerprint density at radius 1 is 1.35 bits per heavy atom.